The van der Waals surface area contributed by atoms with E-state index in [1.165, 1.54) is 6.21 Å². The molecular formula is C19H15ClN4O. The van der Waals surface area contributed by atoms with E-state index in [1.54, 1.807) is 18.2 Å². The van der Waals surface area contributed by atoms with E-state index in [0.717, 1.165) is 11.1 Å². The summed E-state index contributed by atoms with van der Waals surface area (Å²) in [5.41, 5.74) is 3.54. The Morgan fingerprint density at radius 2 is 2.16 bits per heavy atom. The van der Waals surface area contributed by atoms with E-state index in [9.17, 15) is 10.4 Å². The van der Waals surface area contributed by atoms with E-state index in [4.69, 9.17) is 11.6 Å². The number of aliphatic imine (C=N–C) groups is 1. The van der Waals surface area contributed by atoms with Crippen molar-refractivity contribution in [2.45, 2.75) is 13.3 Å². The molecule has 0 aliphatic carbocycles. The first-order valence-electron chi connectivity index (χ1n) is 7.62. The van der Waals surface area contributed by atoms with Gasteiger partial charge in [-0.2, -0.15) is 10.4 Å². The van der Waals surface area contributed by atoms with Crippen LogP contribution in [0.4, 0.5) is 5.82 Å². The molecule has 0 spiro atoms. The van der Waals surface area contributed by atoms with E-state index in [0.29, 0.717) is 34.1 Å². The maximum Gasteiger partial charge on any atom is 0.191 e. The van der Waals surface area contributed by atoms with Crippen LogP contribution in [0.3, 0.4) is 0 Å². The maximum absolute atomic E-state index is 9.92. The third kappa shape index (κ3) is 3.87. The Bertz CT molecular complexity index is 985. The van der Waals surface area contributed by atoms with Gasteiger partial charge in [-0.25, -0.2) is 4.99 Å². The number of benzene rings is 2. The molecule has 0 atom stereocenters. The van der Waals surface area contributed by atoms with Gasteiger partial charge in [-0.1, -0.05) is 29.8 Å². The highest BCUT2D eigenvalue weighted by Gasteiger charge is 2.13. The van der Waals surface area contributed by atoms with E-state index in [2.05, 4.69) is 21.3 Å². The molecule has 6 heteroatoms. The molecular weight excluding hydrogens is 336 g/mol. The lowest BCUT2D eigenvalue weighted by Crippen LogP contribution is -1.91. The molecule has 124 valence electrons. The standard InChI is InChI=1S/C19H15ClN4O/c1-12-5-6-14(18(25)7-12)11-22-19-16(10-21)17(23-24-19)9-13-3-2-4-15(20)8-13/h2-8,11,25H,9H2,1H3,(H,23,24). The van der Waals surface area contributed by atoms with Crippen LogP contribution in [0, 0.1) is 18.3 Å². The minimum absolute atomic E-state index is 0.136. The molecule has 0 fully saturated rings. The minimum Gasteiger partial charge on any atom is -0.507 e. The summed E-state index contributed by atoms with van der Waals surface area (Å²) < 4.78 is 0. The van der Waals surface area contributed by atoms with Gasteiger partial charge in [-0.05, 0) is 42.3 Å². The van der Waals surface area contributed by atoms with Crippen LogP contribution < -0.4 is 0 Å². The molecule has 1 aromatic heterocycles. The number of H-pyrrole nitrogens is 1. The average molecular weight is 351 g/mol. The summed E-state index contributed by atoms with van der Waals surface area (Å²) in [6.07, 6.45) is 2.00. The molecule has 0 amide bonds. The van der Waals surface area contributed by atoms with Crippen molar-refractivity contribution >= 4 is 23.6 Å². The van der Waals surface area contributed by atoms with Gasteiger partial charge in [0, 0.05) is 23.2 Å². The zero-order valence-electron chi connectivity index (χ0n) is 13.5. The number of hydrogen-bond acceptors (Lipinski definition) is 4. The van der Waals surface area contributed by atoms with Crippen LogP contribution in [0.15, 0.2) is 47.5 Å². The number of hydrogen-bond donors (Lipinski definition) is 2. The first kappa shape index (κ1) is 16.7. The van der Waals surface area contributed by atoms with E-state index in [-0.39, 0.29) is 5.75 Å². The topological polar surface area (TPSA) is 85.1 Å². The molecule has 25 heavy (non-hydrogen) atoms. The molecule has 3 aromatic rings. The quantitative estimate of drug-likeness (QED) is 0.688. The van der Waals surface area contributed by atoms with Crippen LogP contribution >= 0.6 is 11.6 Å². The number of phenolic OH excluding ortho intramolecular Hbond substituents is 1. The van der Waals surface area contributed by atoms with Crippen molar-refractivity contribution in [1.29, 1.82) is 5.26 Å². The fourth-order valence-corrected chi connectivity index (χ4v) is 2.66. The molecule has 0 aliphatic rings. The van der Waals surface area contributed by atoms with Crippen LogP contribution in [0.2, 0.25) is 5.02 Å². The van der Waals surface area contributed by atoms with Gasteiger partial charge >= 0.3 is 0 Å². The Balaban J connectivity index is 1.87. The zero-order valence-corrected chi connectivity index (χ0v) is 14.2. The molecule has 2 N–H and O–H groups in total. The van der Waals surface area contributed by atoms with Crippen molar-refractivity contribution in [2.75, 3.05) is 0 Å². The summed E-state index contributed by atoms with van der Waals surface area (Å²) in [7, 11) is 0. The van der Waals surface area contributed by atoms with Gasteiger partial charge in [0.1, 0.15) is 17.4 Å². The Hall–Kier alpha value is -3.10. The summed E-state index contributed by atoms with van der Waals surface area (Å²) in [5, 5.41) is 27.0. The number of halogens is 1. The number of aryl methyl sites for hydroxylation is 1. The monoisotopic (exact) mass is 350 g/mol. The SMILES string of the molecule is Cc1ccc(C=Nc2n[nH]c(Cc3cccc(Cl)c3)c2C#N)c(O)c1. The normalized spacial score (nSPS) is 10.9. The molecule has 0 bridgehead atoms. The van der Waals surface area contributed by atoms with Crippen molar-refractivity contribution in [3.05, 3.63) is 75.4 Å². The summed E-state index contributed by atoms with van der Waals surface area (Å²) in [6, 6.07) is 14.9. The van der Waals surface area contributed by atoms with Gasteiger partial charge in [0.15, 0.2) is 5.82 Å². The van der Waals surface area contributed by atoms with Crippen LogP contribution in [-0.4, -0.2) is 21.5 Å². The number of rotatable bonds is 4. The highest BCUT2D eigenvalue weighted by Crippen LogP contribution is 2.23. The van der Waals surface area contributed by atoms with E-state index in [1.807, 2.05) is 31.2 Å². The molecule has 3 rings (SSSR count). The average Bonchev–Trinajstić information content (AvgIpc) is 2.95. The molecule has 0 unspecified atom stereocenters. The largest absolute Gasteiger partial charge is 0.507 e. The second kappa shape index (κ2) is 7.20. The van der Waals surface area contributed by atoms with Gasteiger partial charge in [-0.3, -0.25) is 5.10 Å². The highest BCUT2D eigenvalue weighted by molar-refractivity contribution is 6.30. The second-order valence-corrected chi connectivity index (χ2v) is 6.08. The predicted octanol–water partition coefficient (Wildman–Crippen LogP) is 4.29. The minimum atomic E-state index is 0.136. The second-order valence-electron chi connectivity index (χ2n) is 5.64. The van der Waals surface area contributed by atoms with Crippen LogP contribution in [0.5, 0.6) is 5.75 Å². The van der Waals surface area contributed by atoms with Crippen LogP contribution in [-0.2, 0) is 6.42 Å². The molecule has 1 heterocycles. The number of nitrogens with zero attached hydrogens (tertiary/aromatic N) is 3. The van der Waals surface area contributed by atoms with Crippen LogP contribution in [0.25, 0.3) is 0 Å². The lowest BCUT2D eigenvalue weighted by Gasteiger charge is -2.00. The summed E-state index contributed by atoms with van der Waals surface area (Å²) >= 11 is 6.00. The maximum atomic E-state index is 9.92. The lowest BCUT2D eigenvalue weighted by atomic mass is 10.1. The summed E-state index contributed by atoms with van der Waals surface area (Å²) in [4.78, 5) is 4.24. The Labute approximate surface area is 150 Å². The van der Waals surface area contributed by atoms with Gasteiger partial charge in [-0.15, -0.1) is 0 Å². The Kier molecular flexibility index (Phi) is 4.82. The van der Waals surface area contributed by atoms with Crippen molar-refractivity contribution in [3.8, 4) is 11.8 Å². The van der Waals surface area contributed by atoms with Crippen molar-refractivity contribution in [2.24, 2.45) is 4.99 Å². The fourth-order valence-electron chi connectivity index (χ4n) is 2.45. The molecule has 5 nitrogen and oxygen atoms in total. The number of nitrogens with one attached hydrogen (secondary N) is 1. The number of aromatic amines is 1. The predicted molar refractivity (Wildman–Crippen MR) is 97.7 cm³/mol. The van der Waals surface area contributed by atoms with E-state index >= 15 is 0 Å². The van der Waals surface area contributed by atoms with Crippen molar-refractivity contribution < 1.29 is 5.11 Å². The van der Waals surface area contributed by atoms with Gasteiger partial charge in [0.25, 0.3) is 0 Å². The van der Waals surface area contributed by atoms with Crippen molar-refractivity contribution in [1.82, 2.24) is 10.2 Å². The zero-order chi connectivity index (χ0) is 17.8. The van der Waals surface area contributed by atoms with Gasteiger partial charge in [0.05, 0.1) is 5.69 Å². The van der Waals surface area contributed by atoms with Gasteiger partial charge in [0.2, 0.25) is 0 Å². The number of phenols is 1. The molecule has 0 saturated heterocycles. The van der Waals surface area contributed by atoms with Crippen LogP contribution in [0.1, 0.15) is 27.9 Å². The summed E-state index contributed by atoms with van der Waals surface area (Å²) in [5.74, 6) is 0.427. The Morgan fingerprint density at radius 3 is 2.88 bits per heavy atom. The van der Waals surface area contributed by atoms with Crippen molar-refractivity contribution in [3.63, 3.8) is 0 Å². The third-order valence-corrected chi connectivity index (χ3v) is 3.95. The molecule has 2 aromatic carbocycles. The molecule has 0 aliphatic heterocycles. The molecule has 0 saturated carbocycles. The number of aromatic nitrogens is 2. The fraction of sp³-hybridized carbons (Fsp3) is 0.105. The first-order chi connectivity index (χ1) is 12.1. The number of aromatic hydroxyl groups is 1. The highest BCUT2D eigenvalue weighted by atomic mass is 35.5. The number of nitriles is 1. The van der Waals surface area contributed by atoms with E-state index < -0.39 is 0 Å². The first-order valence-corrected chi connectivity index (χ1v) is 8.00. The Morgan fingerprint density at radius 1 is 1.32 bits per heavy atom. The third-order valence-electron chi connectivity index (χ3n) is 3.72. The smallest absolute Gasteiger partial charge is 0.191 e. The summed E-state index contributed by atoms with van der Waals surface area (Å²) in [6.45, 7) is 1.89. The van der Waals surface area contributed by atoms with Gasteiger partial charge < -0.3 is 5.11 Å². The molecule has 0 radical (unpaired) electrons. The lowest BCUT2D eigenvalue weighted by molar-refractivity contribution is 0.474.